The van der Waals surface area contributed by atoms with Crippen LogP contribution in [0.15, 0.2) is 42.5 Å². The number of carbonyl (C=O) groups excluding carboxylic acids is 1. The molecule has 3 atom stereocenters. The Bertz CT molecular complexity index is 572. The monoisotopic (exact) mass is 284 g/mol. The summed E-state index contributed by atoms with van der Waals surface area (Å²) >= 11 is 0. The fourth-order valence-corrected chi connectivity index (χ4v) is 4.14. The summed E-state index contributed by atoms with van der Waals surface area (Å²) in [7, 11) is 0. The van der Waals surface area contributed by atoms with Crippen LogP contribution in [0.2, 0.25) is 0 Å². The Hall–Kier alpha value is -1.41. The summed E-state index contributed by atoms with van der Waals surface area (Å²) in [5.74, 6) is 0.488. The molecule has 0 aromatic heterocycles. The molecule has 2 heteroatoms. The highest BCUT2D eigenvalue weighted by Crippen LogP contribution is 2.60. The molecule has 0 saturated heterocycles. The third-order valence-corrected chi connectivity index (χ3v) is 5.77. The van der Waals surface area contributed by atoms with Gasteiger partial charge < -0.3 is 4.74 Å². The van der Waals surface area contributed by atoms with E-state index < -0.39 is 5.41 Å². The first-order valence-electron chi connectivity index (χ1n) is 7.77. The van der Waals surface area contributed by atoms with Gasteiger partial charge in [0, 0.05) is 5.92 Å². The van der Waals surface area contributed by atoms with Crippen molar-refractivity contribution in [3.63, 3.8) is 0 Å². The van der Waals surface area contributed by atoms with Crippen LogP contribution in [0.3, 0.4) is 0 Å². The maximum atomic E-state index is 12.8. The van der Waals surface area contributed by atoms with Gasteiger partial charge in [-0.15, -0.1) is 0 Å². The molecule has 3 saturated carbocycles. The van der Waals surface area contributed by atoms with Gasteiger partial charge in [0.25, 0.3) is 0 Å². The maximum Gasteiger partial charge on any atom is 0.171 e. The Morgan fingerprint density at radius 2 is 1.90 bits per heavy atom. The largest absolute Gasteiger partial charge is 0.365 e. The van der Waals surface area contributed by atoms with E-state index in [4.69, 9.17) is 4.74 Å². The van der Waals surface area contributed by atoms with Crippen molar-refractivity contribution >= 4 is 5.78 Å². The van der Waals surface area contributed by atoms with Crippen molar-refractivity contribution in [3.8, 4) is 0 Å². The van der Waals surface area contributed by atoms with E-state index in [1.54, 1.807) is 0 Å². The van der Waals surface area contributed by atoms with Gasteiger partial charge in [0.2, 0.25) is 0 Å². The van der Waals surface area contributed by atoms with Gasteiger partial charge in [-0.2, -0.15) is 0 Å². The zero-order valence-corrected chi connectivity index (χ0v) is 13.2. The van der Waals surface area contributed by atoms with Crippen LogP contribution in [-0.2, 0) is 16.1 Å². The van der Waals surface area contributed by atoms with Crippen LogP contribution < -0.4 is 0 Å². The van der Waals surface area contributed by atoms with Gasteiger partial charge in [0.05, 0.1) is 12.0 Å². The predicted octanol–water partition coefficient (Wildman–Crippen LogP) is 4.15. The summed E-state index contributed by atoms with van der Waals surface area (Å²) in [4.78, 5) is 12.8. The van der Waals surface area contributed by atoms with Crippen LogP contribution in [0, 0.1) is 16.7 Å². The number of ether oxygens (including phenoxy) is 1. The number of benzene rings is 1. The third-order valence-electron chi connectivity index (χ3n) is 5.77. The summed E-state index contributed by atoms with van der Waals surface area (Å²) in [6, 6.07) is 10.1. The van der Waals surface area contributed by atoms with E-state index >= 15 is 0 Å². The third kappa shape index (κ3) is 2.08. The minimum absolute atomic E-state index is 0.0255. The molecule has 0 heterocycles. The fourth-order valence-electron chi connectivity index (χ4n) is 4.14. The van der Waals surface area contributed by atoms with Crippen LogP contribution in [0.1, 0.15) is 39.2 Å². The minimum atomic E-state index is -0.403. The molecule has 2 nitrogen and oxygen atoms in total. The minimum Gasteiger partial charge on any atom is -0.365 e. The second kappa shape index (κ2) is 4.81. The second-order valence-electron chi connectivity index (χ2n) is 7.26. The Kier molecular flexibility index (Phi) is 3.32. The molecular formula is C19H24O2. The molecule has 3 aliphatic carbocycles. The van der Waals surface area contributed by atoms with Crippen LogP contribution in [0.4, 0.5) is 0 Å². The molecule has 21 heavy (non-hydrogen) atoms. The molecule has 0 spiro atoms. The van der Waals surface area contributed by atoms with E-state index in [-0.39, 0.29) is 23.2 Å². The van der Waals surface area contributed by atoms with Gasteiger partial charge in [0.15, 0.2) is 5.78 Å². The Labute approximate surface area is 127 Å². The molecule has 2 bridgehead atoms. The van der Waals surface area contributed by atoms with E-state index in [2.05, 4.69) is 20.4 Å². The van der Waals surface area contributed by atoms with Crippen molar-refractivity contribution in [3.05, 3.63) is 48.0 Å². The molecule has 1 aromatic rings. The first kappa shape index (κ1) is 14.5. The van der Waals surface area contributed by atoms with Crippen molar-refractivity contribution < 1.29 is 9.53 Å². The van der Waals surface area contributed by atoms with Crippen LogP contribution in [0.5, 0.6) is 0 Å². The van der Waals surface area contributed by atoms with Crippen molar-refractivity contribution in [1.29, 1.82) is 0 Å². The Morgan fingerprint density at radius 1 is 1.24 bits per heavy atom. The maximum absolute atomic E-state index is 12.8. The molecule has 4 rings (SSSR count). The Morgan fingerprint density at radius 3 is 2.57 bits per heavy atom. The van der Waals surface area contributed by atoms with E-state index in [9.17, 15) is 4.79 Å². The van der Waals surface area contributed by atoms with Crippen molar-refractivity contribution in [2.75, 3.05) is 0 Å². The molecule has 0 N–H and O–H groups in total. The lowest BCUT2D eigenvalue weighted by Crippen LogP contribution is -2.60. The summed E-state index contributed by atoms with van der Waals surface area (Å²) < 4.78 is 6.07. The van der Waals surface area contributed by atoms with Gasteiger partial charge >= 0.3 is 0 Å². The summed E-state index contributed by atoms with van der Waals surface area (Å²) in [5, 5.41) is 0. The van der Waals surface area contributed by atoms with Crippen LogP contribution in [-0.4, -0.2) is 11.9 Å². The highest BCUT2D eigenvalue weighted by molar-refractivity contribution is 5.94. The molecule has 112 valence electrons. The zero-order valence-electron chi connectivity index (χ0n) is 13.2. The molecule has 3 unspecified atom stereocenters. The van der Waals surface area contributed by atoms with E-state index in [0.717, 1.165) is 24.0 Å². The molecule has 1 aromatic carbocycles. The van der Waals surface area contributed by atoms with Gasteiger partial charge in [-0.1, -0.05) is 56.3 Å². The smallest absolute Gasteiger partial charge is 0.171 e. The number of ketones is 1. The van der Waals surface area contributed by atoms with Crippen LogP contribution >= 0.6 is 0 Å². The number of hydrogen-bond donors (Lipinski definition) is 0. The number of Topliss-reactive ketones (excluding diaryl/α,β-unsaturated/α-hetero) is 1. The van der Waals surface area contributed by atoms with E-state index in [1.165, 1.54) is 0 Å². The number of fused-ring (bicyclic) bond motifs is 3. The van der Waals surface area contributed by atoms with Gasteiger partial charge in [-0.25, -0.2) is 0 Å². The number of rotatable bonds is 3. The van der Waals surface area contributed by atoms with Gasteiger partial charge in [-0.05, 0) is 30.7 Å². The fraction of sp³-hybridized carbons (Fsp3) is 0.526. The highest BCUT2D eigenvalue weighted by atomic mass is 16.5. The molecule has 0 amide bonds. The highest BCUT2D eigenvalue weighted by Gasteiger charge is 2.60. The van der Waals surface area contributed by atoms with E-state index in [0.29, 0.717) is 6.61 Å². The van der Waals surface area contributed by atoms with Crippen LogP contribution in [0.25, 0.3) is 0 Å². The SMILES string of the molecule is C=C1C2(C)CCC(C(OCc3ccccc3)C2=O)C1(C)C. The van der Waals surface area contributed by atoms with E-state index in [1.807, 2.05) is 37.3 Å². The summed E-state index contributed by atoms with van der Waals surface area (Å²) in [5.41, 5.74) is 1.78. The first-order chi connectivity index (χ1) is 9.87. The quantitative estimate of drug-likeness (QED) is 0.779. The normalized spacial score (nSPS) is 34.2. The van der Waals surface area contributed by atoms with Crippen molar-refractivity contribution in [2.24, 2.45) is 16.7 Å². The average molecular weight is 284 g/mol. The summed E-state index contributed by atoms with van der Waals surface area (Å²) in [6.45, 7) is 11.2. The van der Waals surface area contributed by atoms with Crippen molar-refractivity contribution in [2.45, 2.75) is 46.3 Å². The number of allylic oxidation sites excluding steroid dienone is 1. The average Bonchev–Trinajstić information content (AvgIpc) is 2.47. The second-order valence-corrected chi connectivity index (χ2v) is 7.26. The molecule has 3 aliphatic rings. The lowest BCUT2D eigenvalue weighted by molar-refractivity contribution is -0.163. The zero-order chi connectivity index (χ0) is 15.3. The molecule has 0 radical (unpaired) electrons. The lowest BCUT2D eigenvalue weighted by Gasteiger charge is -2.57. The molecule has 0 aliphatic heterocycles. The number of carbonyl (C=O) groups is 1. The molecule has 3 fully saturated rings. The van der Waals surface area contributed by atoms with Gasteiger partial charge in [-0.3, -0.25) is 4.79 Å². The standard InChI is InChI=1S/C19H24O2/c1-13-18(2,3)15-10-11-19(13,4)17(20)16(15)21-12-14-8-6-5-7-9-14/h5-9,15-16H,1,10-12H2,2-4H3. The lowest BCUT2D eigenvalue weighted by atomic mass is 9.47. The van der Waals surface area contributed by atoms with Crippen molar-refractivity contribution in [1.82, 2.24) is 0 Å². The van der Waals surface area contributed by atoms with Gasteiger partial charge in [0.1, 0.15) is 6.10 Å². The topological polar surface area (TPSA) is 26.3 Å². The first-order valence-corrected chi connectivity index (χ1v) is 7.77. The molecular weight excluding hydrogens is 260 g/mol. The Balaban J connectivity index is 1.83. The summed E-state index contributed by atoms with van der Waals surface area (Å²) in [6.07, 6.45) is 1.68. The number of hydrogen-bond acceptors (Lipinski definition) is 2. The predicted molar refractivity (Wildman–Crippen MR) is 83.8 cm³/mol.